The number of sulfonamides is 1. The molecule has 1 aliphatic heterocycles. The van der Waals surface area contributed by atoms with Gasteiger partial charge in [-0.2, -0.15) is 16.5 Å². The van der Waals surface area contributed by atoms with E-state index in [1.807, 2.05) is 17.7 Å². The molecule has 27 heavy (non-hydrogen) atoms. The number of hydrogen-bond donors (Lipinski definition) is 1. The third-order valence-electron chi connectivity index (χ3n) is 4.45. The Morgan fingerprint density at radius 2 is 2.15 bits per heavy atom. The molecule has 1 aromatic carbocycles. The summed E-state index contributed by atoms with van der Waals surface area (Å²) < 4.78 is 41.7. The van der Waals surface area contributed by atoms with Crippen molar-refractivity contribution in [3.8, 4) is 0 Å². The second-order valence-corrected chi connectivity index (χ2v) is 9.93. The summed E-state index contributed by atoms with van der Waals surface area (Å²) in [6.45, 7) is 1.04. The number of nitrogens with one attached hydrogen (secondary N) is 1. The summed E-state index contributed by atoms with van der Waals surface area (Å²) in [4.78, 5) is 15.5. The van der Waals surface area contributed by atoms with Crippen LogP contribution in [0.4, 0.5) is 4.39 Å². The van der Waals surface area contributed by atoms with Crippen molar-refractivity contribution in [1.82, 2.24) is 9.62 Å². The molecule has 5 nitrogen and oxygen atoms in total. The summed E-state index contributed by atoms with van der Waals surface area (Å²) in [6, 6.07) is 6.26. The number of amides is 1. The SMILES string of the molecule is CSCCC(NS(=O)(=O)c1ccccc1F)C(=O)N1CCc2sccc2C1. The normalized spacial score (nSPS) is 15.4. The topological polar surface area (TPSA) is 66.5 Å². The van der Waals surface area contributed by atoms with E-state index in [0.29, 0.717) is 25.3 Å². The fourth-order valence-electron chi connectivity index (χ4n) is 3.04. The highest BCUT2D eigenvalue weighted by Gasteiger charge is 2.31. The van der Waals surface area contributed by atoms with E-state index in [1.165, 1.54) is 34.8 Å². The molecule has 146 valence electrons. The summed E-state index contributed by atoms with van der Waals surface area (Å²) in [7, 11) is -4.13. The predicted molar refractivity (Wildman–Crippen MR) is 107 cm³/mol. The molecule has 0 bridgehead atoms. The number of hydrogen-bond acceptors (Lipinski definition) is 5. The van der Waals surface area contributed by atoms with Crippen molar-refractivity contribution in [2.24, 2.45) is 0 Å². The van der Waals surface area contributed by atoms with Crippen molar-refractivity contribution in [3.63, 3.8) is 0 Å². The third kappa shape index (κ3) is 4.71. The molecule has 2 heterocycles. The van der Waals surface area contributed by atoms with Gasteiger partial charge in [0.15, 0.2) is 0 Å². The summed E-state index contributed by atoms with van der Waals surface area (Å²) in [5.41, 5.74) is 1.11. The van der Waals surface area contributed by atoms with Crippen LogP contribution in [0, 0.1) is 5.82 Å². The van der Waals surface area contributed by atoms with Crippen molar-refractivity contribution >= 4 is 39.0 Å². The molecule has 0 saturated carbocycles. The highest BCUT2D eigenvalue weighted by Crippen LogP contribution is 2.25. The van der Waals surface area contributed by atoms with Crippen LogP contribution in [0.25, 0.3) is 0 Å². The molecule has 1 atom stereocenters. The van der Waals surface area contributed by atoms with Crippen LogP contribution >= 0.6 is 23.1 Å². The molecule has 1 unspecified atom stereocenters. The number of fused-ring (bicyclic) bond motifs is 1. The Balaban J connectivity index is 1.79. The average Bonchev–Trinajstić information content (AvgIpc) is 3.12. The van der Waals surface area contributed by atoms with Gasteiger partial charge in [-0.3, -0.25) is 4.79 Å². The fourth-order valence-corrected chi connectivity index (χ4v) is 5.70. The predicted octanol–water partition coefficient (Wildman–Crippen LogP) is 2.87. The van der Waals surface area contributed by atoms with E-state index in [-0.39, 0.29) is 5.91 Å². The maximum absolute atomic E-state index is 14.0. The highest BCUT2D eigenvalue weighted by atomic mass is 32.2. The molecule has 1 aliphatic rings. The van der Waals surface area contributed by atoms with Crippen molar-refractivity contribution in [2.45, 2.75) is 30.3 Å². The number of carbonyl (C=O) groups is 1. The van der Waals surface area contributed by atoms with Gasteiger partial charge >= 0.3 is 0 Å². The zero-order valence-corrected chi connectivity index (χ0v) is 17.3. The van der Waals surface area contributed by atoms with E-state index < -0.39 is 26.8 Å². The van der Waals surface area contributed by atoms with Crippen LogP contribution < -0.4 is 4.72 Å². The minimum Gasteiger partial charge on any atom is -0.337 e. The van der Waals surface area contributed by atoms with Crippen molar-refractivity contribution in [2.75, 3.05) is 18.6 Å². The first-order valence-corrected chi connectivity index (χ1v) is 12.3. The van der Waals surface area contributed by atoms with Crippen LogP contribution in [0.2, 0.25) is 0 Å². The van der Waals surface area contributed by atoms with Crippen LogP contribution in [0.3, 0.4) is 0 Å². The summed E-state index contributed by atoms with van der Waals surface area (Å²) >= 11 is 3.21. The molecule has 0 fully saturated rings. The van der Waals surface area contributed by atoms with E-state index in [1.54, 1.807) is 16.2 Å². The number of rotatable bonds is 7. The summed E-state index contributed by atoms with van der Waals surface area (Å²) in [5, 5.41) is 2.00. The number of halogens is 1. The molecule has 2 aromatic rings. The summed E-state index contributed by atoms with van der Waals surface area (Å²) in [5.74, 6) is -0.476. The molecule has 1 amide bonds. The van der Waals surface area contributed by atoms with Crippen LogP contribution in [0.1, 0.15) is 16.9 Å². The molecular weight excluding hydrogens is 407 g/mol. The lowest BCUT2D eigenvalue weighted by molar-refractivity contribution is -0.133. The lowest BCUT2D eigenvalue weighted by Gasteiger charge is -2.30. The van der Waals surface area contributed by atoms with Crippen LogP contribution in [0.15, 0.2) is 40.6 Å². The van der Waals surface area contributed by atoms with E-state index in [9.17, 15) is 17.6 Å². The molecular formula is C18H21FN2O3S3. The second-order valence-electron chi connectivity index (χ2n) is 6.26. The first kappa shape index (κ1) is 20.3. The Morgan fingerprint density at radius 1 is 1.37 bits per heavy atom. The van der Waals surface area contributed by atoms with Crippen molar-refractivity contribution in [3.05, 3.63) is 52.0 Å². The van der Waals surface area contributed by atoms with Gasteiger partial charge in [-0.1, -0.05) is 12.1 Å². The molecule has 0 aliphatic carbocycles. The lowest BCUT2D eigenvalue weighted by atomic mass is 10.1. The Labute approximate surface area is 167 Å². The minimum absolute atomic E-state index is 0.263. The molecule has 3 rings (SSSR count). The minimum atomic E-state index is -4.13. The Hall–Kier alpha value is -1.42. The molecule has 0 saturated heterocycles. The van der Waals surface area contributed by atoms with E-state index in [4.69, 9.17) is 0 Å². The molecule has 1 N–H and O–H groups in total. The van der Waals surface area contributed by atoms with Gasteiger partial charge < -0.3 is 4.90 Å². The Bertz CT molecular complexity index is 914. The van der Waals surface area contributed by atoms with Gasteiger partial charge in [0.05, 0.1) is 0 Å². The lowest BCUT2D eigenvalue weighted by Crippen LogP contribution is -2.50. The third-order valence-corrected chi connectivity index (χ3v) is 7.62. The fraction of sp³-hybridized carbons (Fsp3) is 0.389. The number of carbonyl (C=O) groups excluding carboxylic acids is 1. The van der Waals surface area contributed by atoms with E-state index in [2.05, 4.69) is 4.72 Å². The van der Waals surface area contributed by atoms with Gasteiger partial charge in [-0.25, -0.2) is 12.8 Å². The average molecular weight is 429 g/mol. The molecule has 0 radical (unpaired) electrons. The number of thioether (sulfide) groups is 1. The van der Waals surface area contributed by atoms with Gasteiger partial charge in [0, 0.05) is 18.0 Å². The highest BCUT2D eigenvalue weighted by molar-refractivity contribution is 7.98. The zero-order chi connectivity index (χ0) is 19.4. The first-order chi connectivity index (χ1) is 12.9. The molecule has 9 heteroatoms. The largest absolute Gasteiger partial charge is 0.337 e. The van der Waals surface area contributed by atoms with Gasteiger partial charge in [0.1, 0.15) is 16.8 Å². The number of benzene rings is 1. The monoisotopic (exact) mass is 428 g/mol. The Morgan fingerprint density at radius 3 is 2.89 bits per heavy atom. The second kappa shape index (κ2) is 8.72. The van der Waals surface area contributed by atoms with E-state index in [0.717, 1.165) is 18.1 Å². The van der Waals surface area contributed by atoms with Crippen molar-refractivity contribution in [1.29, 1.82) is 0 Å². The van der Waals surface area contributed by atoms with Gasteiger partial charge in [-0.15, -0.1) is 11.3 Å². The number of nitrogens with zero attached hydrogens (tertiary/aromatic N) is 1. The maximum atomic E-state index is 14.0. The van der Waals surface area contributed by atoms with Crippen LogP contribution in [0.5, 0.6) is 0 Å². The molecule has 0 spiro atoms. The van der Waals surface area contributed by atoms with Gasteiger partial charge in [0.2, 0.25) is 15.9 Å². The summed E-state index contributed by atoms with van der Waals surface area (Å²) in [6.07, 6.45) is 3.01. The quantitative estimate of drug-likeness (QED) is 0.737. The number of thiophene rings is 1. The van der Waals surface area contributed by atoms with Crippen molar-refractivity contribution < 1.29 is 17.6 Å². The van der Waals surface area contributed by atoms with Gasteiger partial charge in [-0.05, 0) is 54.0 Å². The first-order valence-electron chi connectivity index (χ1n) is 8.52. The van der Waals surface area contributed by atoms with E-state index >= 15 is 0 Å². The van der Waals surface area contributed by atoms with Crippen LogP contribution in [-0.2, 0) is 27.8 Å². The zero-order valence-electron chi connectivity index (χ0n) is 14.9. The Kier molecular flexibility index (Phi) is 6.56. The smallest absolute Gasteiger partial charge is 0.244 e. The maximum Gasteiger partial charge on any atom is 0.244 e. The van der Waals surface area contributed by atoms with Gasteiger partial charge in [0.25, 0.3) is 0 Å². The van der Waals surface area contributed by atoms with Crippen LogP contribution in [-0.4, -0.2) is 43.8 Å². The standard InChI is InChI=1S/C18H21FN2O3S3/c1-25-10-8-15(20-27(23,24)17-5-3-2-4-14(17)19)18(22)21-9-6-16-13(12-21)7-11-26-16/h2-5,7,11,15,20H,6,8-10,12H2,1H3. The molecule has 1 aromatic heterocycles.